The Morgan fingerprint density at radius 2 is 1.97 bits per heavy atom. The van der Waals surface area contributed by atoms with Crippen molar-refractivity contribution in [2.75, 3.05) is 5.43 Å². The lowest BCUT2D eigenvalue weighted by molar-refractivity contribution is -0.135. The van der Waals surface area contributed by atoms with Gasteiger partial charge in [-0.3, -0.25) is 15.0 Å². The molecule has 1 aromatic carbocycles. The molecule has 1 aliphatic heterocycles. The number of hydrogen-bond donors (Lipinski definition) is 1. The van der Waals surface area contributed by atoms with Crippen molar-refractivity contribution < 1.29 is 14.0 Å². The fraction of sp³-hybridized carbons (Fsp3) is 0.0476. The van der Waals surface area contributed by atoms with Crippen molar-refractivity contribution in [1.82, 2.24) is 15.0 Å². The van der Waals surface area contributed by atoms with E-state index >= 15 is 0 Å². The molecular formula is C21H13FN4O2S2. The lowest BCUT2D eigenvalue weighted by atomic mass is 10.1. The summed E-state index contributed by atoms with van der Waals surface area (Å²) < 4.78 is 13.8. The molecule has 9 heteroatoms. The molecule has 30 heavy (non-hydrogen) atoms. The first-order valence-electron chi connectivity index (χ1n) is 8.93. The highest BCUT2D eigenvalue weighted by Gasteiger charge is 2.30. The Morgan fingerprint density at radius 3 is 2.67 bits per heavy atom. The van der Waals surface area contributed by atoms with E-state index in [4.69, 9.17) is 0 Å². The highest BCUT2D eigenvalue weighted by atomic mass is 32.1. The molecule has 5 rings (SSSR count). The quantitative estimate of drug-likeness (QED) is 0.462. The van der Waals surface area contributed by atoms with Crippen molar-refractivity contribution in [3.63, 3.8) is 0 Å². The van der Waals surface area contributed by atoms with Gasteiger partial charge >= 0.3 is 0 Å². The number of nitrogens with one attached hydrogen (secondary N) is 1. The summed E-state index contributed by atoms with van der Waals surface area (Å²) in [5.41, 5.74) is 4.62. The first-order chi connectivity index (χ1) is 14.5. The number of hydrogen-bond acceptors (Lipinski definition) is 7. The number of imide groups is 1. The molecule has 0 fully saturated rings. The first kappa shape index (κ1) is 18.6. The van der Waals surface area contributed by atoms with Gasteiger partial charge in [-0.25, -0.2) is 14.4 Å². The van der Waals surface area contributed by atoms with E-state index in [1.165, 1.54) is 29.5 Å². The summed E-state index contributed by atoms with van der Waals surface area (Å²) >= 11 is 2.99. The summed E-state index contributed by atoms with van der Waals surface area (Å²) in [6.45, 7) is 1.58. The minimum absolute atomic E-state index is 0.299. The van der Waals surface area contributed by atoms with E-state index in [2.05, 4.69) is 15.4 Å². The Bertz CT molecular complexity index is 1340. The van der Waals surface area contributed by atoms with Gasteiger partial charge < -0.3 is 0 Å². The van der Waals surface area contributed by atoms with E-state index in [0.717, 1.165) is 15.4 Å². The highest BCUT2D eigenvalue weighted by Crippen LogP contribution is 2.40. The molecule has 4 heterocycles. The fourth-order valence-electron chi connectivity index (χ4n) is 3.19. The van der Waals surface area contributed by atoms with Crippen molar-refractivity contribution in [2.24, 2.45) is 0 Å². The van der Waals surface area contributed by atoms with Crippen LogP contribution >= 0.6 is 22.7 Å². The summed E-state index contributed by atoms with van der Waals surface area (Å²) in [6, 6.07) is 9.90. The summed E-state index contributed by atoms with van der Waals surface area (Å²) in [6.07, 6.45) is 1.27. The Morgan fingerprint density at radius 1 is 1.10 bits per heavy atom. The van der Waals surface area contributed by atoms with Crippen LogP contribution in [0.4, 0.5) is 10.2 Å². The predicted molar refractivity (Wildman–Crippen MR) is 115 cm³/mol. The summed E-state index contributed by atoms with van der Waals surface area (Å²) in [5, 5.41) is 5.56. The molecule has 0 saturated carbocycles. The lowest BCUT2D eigenvalue weighted by Gasteiger charge is -2.18. The molecule has 0 saturated heterocycles. The largest absolute Gasteiger partial charge is 0.275 e. The summed E-state index contributed by atoms with van der Waals surface area (Å²) in [5.74, 6) is -0.695. The molecule has 1 aliphatic rings. The van der Waals surface area contributed by atoms with Crippen LogP contribution in [-0.2, 0) is 9.59 Å². The van der Waals surface area contributed by atoms with Crippen LogP contribution in [0.15, 0.2) is 58.8 Å². The number of halogens is 1. The number of thiophene rings is 2. The number of rotatable bonds is 4. The molecule has 3 aromatic heterocycles. The molecule has 0 radical (unpaired) electrons. The second kappa shape index (κ2) is 7.12. The van der Waals surface area contributed by atoms with Crippen LogP contribution in [0.3, 0.4) is 0 Å². The molecule has 1 N–H and O–H groups in total. The van der Waals surface area contributed by atoms with E-state index in [1.807, 2.05) is 22.9 Å². The highest BCUT2D eigenvalue weighted by molar-refractivity contribution is 7.18. The number of carbonyl (C=O) groups is 2. The minimum Gasteiger partial charge on any atom is -0.271 e. The van der Waals surface area contributed by atoms with Crippen molar-refractivity contribution in [1.29, 1.82) is 0 Å². The van der Waals surface area contributed by atoms with Gasteiger partial charge in [0.1, 0.15) is 10.6 Å². The van der Waals surface area contributed by atoms with Crippen LogP contribution in [-0.4, -0.2) is 26.8 Å². The molecule has 0 aliphatic carbocycles. The SMILES string of the molecule is CC1=CC(=O)N(Nc2nc(-c3cccc(F)c3)nc3scc(-c4cccs4)c23)C1=O. The Balaban J connectivity index is 1.69. The second-order valence-corrected chi connectivity index (χ2v) is 8.44. The molecule has 4 aromatic rings. The topological polar surface area (TPSA) is 75.2 Å². The zero-order chi connectivity index (χ0) is 20.8. The Labute approximate surface area is 178 Å². The molecular weight excluding hydrogens is 423 g/mol. The normalized spacial score (nSPS) is 13.9. The molecule has 0 unspecified atom stereocenters. The maximum atomic E-state index is 13.8. The van der Waals surface area contributed by atoms with E-state index in [-0.39, 0.29) is 0 Å². The number of anilines is 1. The van der Waals surface area contributed by atoms with Gasteiger partial charge in [0.2, 0.25) is 0 Å². The first-order valence-corrected chi connectivity index (χ1v) is 10.7. The maximum Gasteiger partial charge on any atom is 0.275 e. The van der Waals surface area contributed by atoms with E-state index < -0.39 is 17.6 Å². The molecule has 0 atom stereocenters. The zero-order valence-electron chi connectivity index (χ0n) is 15.5. The number of nitrogens with zero attached hydrogens (tertiary/aromatic N) is 3. The number of amides is 2. The van der Waals surface area contributed by atoms with Crippen molar-refractivity contribution >= 4 is 50.5 Å². The smallest absolute Gasteiger partial charge is 0.271 e. The number of benzene rings is 1. The summed E-state index contributed by atoms with van der Waals surface area (Å²) in [4.78, 5) is 35.5. The van der Waals surface area contributed by atoms with Gasteiger partial charge in [0.05, 0.1) is 5.39 Å². The van der Waals surface area contributed by atoms with Gasteiger partial charge in [-0.1, -0.05) is 18.2 Å². The molecule has 0 spiro atoms. The van der Waals surface area contributed by atoms with E-state index in [0.29, 0.717) is 33.0 Å². The van der Waals surface area contributed by atoms with Crippen LogP contribution in [0, 0.1) is 5.82 Å². The van der Waals surface area contributed by atoms with Crippen molar-refractivity contribution in [3.05, 3.63) is 64.6 Å². The van der Waals surface area contributed by atoms with Crippen LogP contribution in [0.1, 0.15) is 6.92 Å². The Kier molecular flexibility index (Phi) is 4.41. The van der Waals surface area contributed by atoms with Crippen LogP contribution < -0.4 is 5.43 Å². The number of fused-ring (bicyclic) bond motifs is 1. The van der Waals surface area contributed by atoms with Gasteiger partial charge in [-0.15, -0.1) is 22.7 Å². The standard InChI is InChI=1S/C21H13FN4O2S2/c1-11-8-16(27)26(21(11)28)25-19-17-14(15-6-3-7-29-15)10-30-20(17)24-18(23-19)12-4-2-5-13(22)9-12/h2-10H,1H3,(H,23,24,25). The maximum absolute atomic E-state index is 13.8. The second-order valence-electron chi connectivity index (χ2n) is 6.63. The molecule has 148 valence electrons. The van der Waals surface area contributed by atoms with Gasteiger partial charge in [-0.05, 0) is 30.5 Å². The fourth-order valence-corrected chi connectivity index (χ4v) is 4.95. The average Bonchev–Trinajstić information content (AvgIpc) is 3.44. The third-order valence-corrected chi connectivity index (χ3v) is 6.40. The zero-order valence-corrected chi connectivity index (χ0v) is 17.2. The number of hydrazine groups is 1. The number of aromatic nitrogens is 2. The van der Waals surface area contributed by atoms with Gasteiger partial charge in [0, 0.05) is 33.0 Å². The van der Waals surface area contributed by atoms with Gasteiger partial charge in [0.15, 0.2) is 11.6 Å². The lowest BCUT2D eigenvalue weighted by Crippen LogP contribution is -2.36. The van der Waals surface area contributed by atoms with Crippen LogP contribution in [0.2, 0.25) is 0 Å². The Hall–Kier alpha value is -3.43. The van der Waals surface area contributed by atoms with Gasteiger partial charge in [0.25, 0.3) is 11.8 Å². The predicted octanol–water partition coefficient (Wildman–Crippen LogP) is 4.87. The number of carbonyl (C=O) groups excluding carboxylic acids is 2. The third-order valence-electron chi connectivity index (χ3n) is 4.62. The van der Waals surface area contributed by atoms with E-state index in [9.17, 15) is 14.0 Å². The van der Waals surface area contributed by atoms with E-state index in [1.54, 1.807) is 30.4 Å². The molecule has 6 nitrogen and oxygen atoms in total. The summed E-state index contributed by atoms with van der Waals surface area (Å²) in [7, 11) is 0. The molecule has 2 amide bonds. The molecule has 0 bridgehead atoms. The minimum atomic E-state index is -0.468. The van der Waals surface area contributed by atoms with Crippen molar-refractivity contribution in [2.45, 2.75) is 6.92 Å². The average molecular weight is 436 g/mol. The van der Waals surface area contributed by atoms with Crippen molar-refractivity contribution in [3.8, 4) is 21.8 Å². The van der Waals surface area contributed by atoms with Crippen LogP contribution in [0.25, 0.3) is 32.0 Å². The van der Waals surface area contributed by atoms with Gasteiger partial charge in [-0.2, -0.15) is 5.01 Å². The third kappa shape index (κ3) is 3.08. The van der Waals surface area contributed by atoms with Crippen LogP contribution in [0.5, 0.6) is 0 Å². The monoisotopic (exact) mass is 436 g/mol.